The summed E-state index contributed by atoms with van der Waals surface area (Å²) in [6.07, 6.45) is 1.57. The number of nitrogens with one attached hydrogen (secondary N) is 1. The minimum Gasteiger partial charge on any atom is -0.369 e. The van der Waals surface area contributed by atoms with Gasteiger partial charge in [-0.25, -0.2) is 13.4 Å². The molecular formula is C15H17N3O2S. The Labute approximate surface area is 125 Å². The van der Waals surface area contributed by atoms with E-state index < -0.39 is 10.0 Å². The summed E-state index contributed by atoms with van der Waals surface area (Å²) in [5.74, 6) is 0. The first-order valence-corrected chi connectivity index (χ1v) is 7.85. The van der Waals surface area contributed by atoms with Crippen LogP contribution in [0.15, 0.2) is 64.5 Å². The normalized spacial score (nSPS) is 11.5. The highest BCUT2D eigenvalue weighted by Crippen LogP contribution is 2.25. The number of benzene rings is 2. The molecule has 0 saturated heterocycles. The molecule has 0 aromatic heterocycles. The van der Waals surface area contributed by atoms with Gasteiger partial charge in [-0.1, -0.05) is 30.3 Å². The molecule has 2 aromatic rings. The van der Waals surface area contributed by atoms with Gasteiger partial charge in [-0.2, -0.15) is 0 Å². The molecule has 0 fully saturated rings. The van der Waals surface area contributed by atoms with Crippen molar-refractivity contribution in [3.63, 3.8) is 0 Å². The van der Waals surface area contributed by atoms with Gasteiger partial charge in [-0.05, 0) is 24.3 Å². The Kier molecular flexibility index (Phi) is 4.59. The minimum absolute atomic E-state index is 0.145. The molecule has 0 spiro atoms. The van der Waals surface area contributed by atoms with Crippen molar-refractivity contribution in [1.82, 2.24) is 4.90 Å². The van der Waals surface area contributed by atoms with Crippen LogP contribution >= 0.6 is 0 Å². The number of sulfonamides is 1. The molecule has 110 valence electrons. The van der Waals surface area contributed by atoms with Crippen molar-refractivity contribution < 1.29 is 8.42 Å². The summed E-state index contributed by atoms with van der Waals surface area (Å²) in [6.45, 7) is 0. The van der Waals surface area contributed by atoms with Gasteiger partial charge in [0.25, 0.3) is 10.0 Å². The molecule has 0 unspecified atom stereocenters. The third-order valence-electron chi connectivity index (χ3n) is 2.61. The first-order chi connectivity index (χ1) is 9.99. The first kappa shape index (κ1) is 15.1. The fourth-order valence-corrected chi connectivity index (χ4v) is 2.90. The molecule has 0 aliphatic carbocycles. The average Bonchev–Trinajstić information content (AvgIpc) is 2.46. The molecule has 0 saturated carbocycles. The van der Waals surface area contributed by atoms with Crippen LogP contribution in [-0.4, -0.2) is 33.8 Å². The molecule has 0 atom stereocenters. The van der Waals surface area contributed by atoms with Crippen molar-refractivity contribution in [2.45, 2.75) is 4.90 Å². The van der Waals surface area contributed by atoms with Gasteiger partial charge in [-0.3, -0.25) is 4.72 Å². The van der Waals surface area contributed by atoms with Crippen molar-refractivity contribution in [3.8, 4) is 0 Å². The van der Waals surface area contributed by atoms with Crippen LogP contribution < -0.4 is 4.72 Å². The SMILES string of the molecule is CN(C)C=Nc1ccccc1S(=O)(=O)Nc1ccccc1. The van der Waals surface area contributed by atoms with Gasteiger partial charge in [0.2, 0.25) is 0 Å². The first-order valence-electron chi connectivity index (χ1n) is 6.36. The number of para-hydroxylation sites is 2. The smallest absolute Gasteiger partial charge is 0.264 e. The topological polar surface area (TPSA) is 61.8 Å². The average molecular weight is 303 g/mol. The molecular weight excluding hydrogens is 286 g/mol. The van der Waals surface area contributed by atoms with Crippen LogP contribution in [-0.2, 0) is 10.0 Å². The standard InChI is InChI=1S/C15H17N3O2S/c1-18(2)12-16-14-10-6-7-11-15(14)21(19,20)17-13-8-4-3-5-9-13/h3-12,17H,1-2H3. The van der Waals surface area contributed by atoms with E-state index in [4.69, 9.17) is 0 Å². The van der Waals surface area contributed by atoms with E-state index in [-0.39, 0.29) is 4.90 Å². The second-order valence-corrected chi connectivity index (χ2v) is 6.30. The minimum atomic E-state index is -3.67. The number of aliphatic imine (C=N–C) groups is 1. The molecule has 0 aliphatic heterocycles. The van der Waals surface area contributed by atoms with Crippen LogP contribution in [0.4, 0.5) is 11.4 Å². The molecule has 2 aromatic carbocycles. The summed E-state index contributed by atoms with van der Waals surface area (Å²) in [4.78, 5) is 6.08. The number of hydrogen-bond acceptors (Lipinski definition) is 3. The maximum atomic E-state index is 12.5. The molecule has 0 bridgehead atoms. The Morgan fingerprint density at radius 3 is 2.29 bits per heavy atom. The van der Waals surface area contributed by atoms with Crippen molar-refractivity contribution >= 4 is 27.7 Å². The maximum absolute atomic E-state index is 12.5. The van der Waals surface area contributed by atoms with E-state index >= 15 is 0 Å². The second kappa shape index (κ2) is 6.41. The van der Waals surface area contributed by atoms with Gasteiger partial charge in [0.1, 0.15) is 4.90 Å². The van der Waals surface area contributed by atoms with E-state index in [0.29, 0.717) is 11.4 Å². The molecule has 5 nitrogen and oxygen atoms in total. The highest BCUT2D eigenvalue weighted by atomic mass is 32.2. The van der Waals surface area contributed by atoms with Gasteiger partial charge in [-0.15, -0.1) is 0 Å². The molecule has 21 heavy (non-hydrogen) atoms. The van der Waals surface area contributed by atoms with E-state index in [1.807, 2.05) is 20.2 Å². The lowest BCUT2D eigenvalue weighted by molar-refractivity contribution is 0.601. The Balaban J connectivity index is 2.36. The maximum Gasteiger partial charge on any atom is 0.264 e. The summed E-state index contributed by atoms with van der Waals surface area (Å²) in [6, 6.07) is 15.4. The zero-order chi connectivity index (χ0) is 15.3. The van der Waals surface area contributed by atoms with Gasteiger partial charge in [0, 0.05) is 19.8 Å². The largest absolute Gasteiger partial charge is 0.369 e. The monoisotopic (exact) mass is 303 g/mol. The van der Waals surface area contributed by atoms with E-state index in [9.17, 15) is 8.42 Å². The summed E-state index contributed by atoms with van der Waals surface area (Å²) >= 11 is 0. The summed E-state index contributed by atoms with van der Waals surface area (Å²) < 4.78 is 27.5. The molecule has 0 heterocycles. The van der Waals surface area contributed by atoms with Gasteiger partial charge in [0.15, 0.2) is 0 Å². The molecule has 1 N–H and O–H groups in total. The molecule has 0 radical (unpaired) electrons. The van der Waals surface area contributed by atoms with Gasteiger partial charge >= 0.3 is 0 Å². The van der Waals surface area contributed by atoms with Crippen LogP contribution in [0.1, 0.15) is 0 Å². The summed E-state index contributed by atoms with van der Waals surface area (Å²) in [5.41, 5.74) is 0.915. The van der Waals surface area contributed by atoms with E-state index in [0.717, 1.165) is 0 Å². The van der Waals surface area contributed by atoms with Crippen LogP contribution in [0.3, 0.4) is 0 Å². The Morgan fingerprint density at radius 1 is 1.00 bits per heavy atom. The fraction of sp³-hybridized carbons (Fsp3) is 0.133. The zero-order valence-electron chi connectivity index (χ0n) is 11.9. The van der Waals surface area contributed by atoms with E-state index in [1.54, 1.807) is 53.7 Å². The quantitative estimate of drug-likeness (QED) is 0.682. The second-order valence-electron chi connectivity index (χ2n) is 4.65. The summed E-state index contributed by atoms with van der Waals surface area (Å²) in [7, 11) is -0.0296. The molecule has 6 heteroatoms. The van der Waals surface area contributed by atoms with Crippen LogP contribution in [0.5, 0.6) is 0 Å². The van der Waals surface area contributed by atoms with E-state index in [2.05, 4.69) is 9.71 Å². The molecule has 2 rings (SSSR count). The van der Waals surface area contributed by atoms with Crippen molar-refractivity contribution in [1.29, 1.82) is 0 Å². The van der Waals surface area contributed by atoms with Crippen molar-refractivity contribution in [3.05, 3.63) is 54.6 Å². The van der Waals surface area contributed by atoms with Crippen molar-refractivity contribution in [2.75, 3.05) is 18.8 Å². The Morgan fingerprint density at radius 2 is 1.62 bits per heavy atom. The predicted molar refractivity (Wildman–Crippen MR) is 85.5 cm³/mol. The number of nitrogens with zero attached hydrogens (tertiary/aromatic N) is 2. The lowest BCUT2D eigenvalue weighted by Gasteiger charge is -2.10. The van der Waals surface area contributed by atoms with Crippen LogP contribution in [0, 0.1) is 0 Å². The lowest BCUT2D eigenvalue weighted by atomic mass is 10.3. The van der Waals surface area contributed by atoms with Gasteiger partial charge < -0.3 is 4.90 Å². The van der Waals surface area contributed by atoms with Gasteiger partial charge in [0.05, 0.1) is 12.0 Å². The third-order valence-corrected chi connectivity index (χ3v) is 4.04. The zero-order valence-corrected chi connectivity index (χ0v) is 12.7. The number of hydrogen-bond donors (Lipinski definition) is 1. The number of anilines is 1. The van der Waals surface area contributed by atoms with Crippen LogP contribution in [0.25, 0.3) is 0 Å². The Bertz CT molecular complexity index is 726. The third kappa shape index (κ3) is 4.06. The van der Waals surface area contributed by atoms with Crippen molar-refractivity contribution in [2.24, 2.45) is 4.99 Å². The van der Waals surface area contributed by atoms with E-state index in [1.165, 1.54) is 6.07 Å². The molecule has 0 amide bonds. The highest BCUT2D eigenvalue weighted by molar-refractivity contribution is 7.92. The van der Waals surface area contributed by atoms with Crippen LogP contribution in [0.2, 0.25) is 0 Å². The Hall–Kier alpha value is -2.34. The summed E-state index contributed by atoms with van der Waals surface area (Å²) in [5, 5.41) is 0. The highest BCUT2D eigenvalue weighted by Gasteiger charge is 2.17. The fourth-order valence-electron chi connectivity index (χ4n) is 1.69. The lowest BCUT2D eigenvalue weighted by Crippen LogP contribution is -2.13. The molecule has 0 aliphatic rings. The predicted octanol–water partition coefficient (Wildman–Crippen LogP) is 2.71. The number of rotatable bonds is 5.